The van der Waals surface area contributed by atoms with Gasteiger partial charge in [0, 0.05) is 22.9 Å². The number of aromatic nitrogens is 2. The van der Waals surface area contributed by atoms with Crippen molar-refractivity contribution in [1.29, 1.82) is 0 Å². The lowest BCUT2D eigenvalue weighted by Crippen LogP contribution is -2.18. The monoisotopic (exact) mass is 333 g/mol. The largest absolute Gasteiger partial charge is 0.380 e. The van der Waals surface area contributed by atoms with Gasteiger partial charge in [-0.3, -0.25) is 9.97 Å². The first-order valence-corrected chi connectivity index (χ1v) is 8.18. The number of rotatable bonds is 2. The van der Waals surface area contributed by atoms with Crippen molar-refractivity contribution < 1.29 is 0 Å². The summed E-state index contributed by atoms with van der Waals surface area (Å²) in [6, 6.07) is 4.62. The lowest BCUT2D eigenvalue weighted by atomic mass is 10.0. The maximum Gasteiger partial charge on any atom is 0.112 e. The van der Waals surface area contributed by atoms with Crippen LogP contribution in [0.5, 0.6) is 0 Å². The SMILES string of the molecule is CC1CCCC(Nc2ccnc3cc(Br)cnc23)CC1. The van der Waals surface area contributed by atoms with E-state index in [1.54, 1.807) is 0 Å². The molecule has 106 valence electrons. The molecule has 1 fully saturated rings. The fourth-order valence-electron chi connectivity index (χ4n) is 2.97. The molecule has 0 saturated heterocycles. The standard InChI is InChI=1S/C16H20BrN3/c1-11-3-2-4-13(6-5-11)20-14-7-8-18-15-9-12(17)10-19-16(14)15/h7-11,13H,2-6H2,1H3,(H,18,20). The quantitative estimate of drug-likeness (QED) is 0.804. The molecular weight excluding hydrogens is 314 g/mol. The van der Waals surface area contributed by atoms with Gasteiger partial charge < -0.3 is 5.32 Å². The lowest BCUT2D eigenvalue weighted by Gasteiger charge is -2.18. The molecule has 0 radical (unpaired) electrons. The topological polar surface area (TPSA) is 37.8 Å². The Morgan fingerprint density at radius 1 is 1.20 bits per heavy atom. The number of hydrogen-bond acceptors (Lipinski definition) is 3. The molecule has 0 bridgehead atoms. The van der Waals surface area contributed by atoms with Crippen molar-refractivity contribution in [2.45, 2.75) is 45.1 Å². The molecule has 0 aliphatic heterocycles. The Balaban J connectivity index is 1.83. The lowest BCUT2D eigenvalue weighted by molar-refractivity contribution is 0.502. The number of anilines is 1. The van der Waals surface area contributed by atoms with Crippen molar-refractivity contribution in [2.75, 3.05) is 5.32 Å². The van der Waals surface area contributed by atoms with Crippen LogP contribution in [0.25, 0.3) is 11.0 Å². The van der Waals surface area contributed by atoms with Crippen LogP contribution in [0.3, 0.4) is 0 Å². The van der Waals surface area contributed by atoms with Gasteiger partial charge in [-0.15, -0.1) is 0 Å². The van der Waals surface area contributed by atoms with Gasteiger partial charge in [-0.25, -0.2) is 0 Å². The third-order valence-corrected chi connectivity index (χ3v) is 4.59. The highest BCUT2D eigenvalue weighted by molar-refractivity contribution is 9.10. The molecule has 1 aliphatic rings. The van der Waals surface area contributed by atoms with Crippen LogP contribution in [0, 0.1) is 5.92 Å². The number of nitrogens with one attached hydrogen (secondary N) is 1. The first-order chi connectivity index (χ1) is 9.72. The summed E-state index contributed by atoms with van der Waals surface area (Å²) in [5, 5.41) is 3.69. The highest BCUT2D eigenvalue weighted by Gasteiger charge is 2.17. The minimum Gasteiger partial charge on any atom is -0.380 e. The molecule has 2 unspecified atom stereocenters. The third-order valence-electron chi connectivity index (χ3n) is 4.16. The number of nitrogens with zero attached hydrogens (tertiary/aromatic N) is 2. The zero-order chi connectivity index (χ0) is 13.9. The molecule has 3 nitrogen and oxygen atoms in total. The summed E-state index contributed by atoms with van der Waals surface area (Å²) in [6.07, 6.45) is 10.2. The Bertz CT molecular complexity index is 599. The summed E-state index contributed by atoms with van der Waals surface area (Å²) in [5.41, 5.74) is 3.02. The zero-order valence-electron chi connectivity index (χ0n) is 11.8. The average molecular weight is 334 g/mol. The van der Waals surface area contributed by atoms with E-state index in [9.17, 15) is 0 Å². The maximum atomic E-state index is 4.51. The second-order valence-corrected chi connectivity index (χ2v) is 6.75. The van der Waals surface area contributed by atoms with E-state index in [0.717, 1.165) is 27.1 Å². The highest BCUT2D eigenvalue weighted by atomic mass is 79.9. The van der Waals surface area contributed by atoms with Crippen LogP contribution in [0.2, 0.25) is 0 Å². The highest BCUT2D eigenvalue weighted by Crippen LogP contribution is 2.27. The molecule has 0 spiro atoms. The van der Waals surface area contributed by atoms with Gasteiger partial charge in [0.1, 0.15) is 5.52 Å². The molecular formula is C16H20BrN3. The molecule has 20 heavy (non-hydrogen) atoms. The van der Waals surface area contributed by atoms with Crippen molar-refractivity contribution in [3.8, 4) is 0 Å². The first-order valence-electron chi connectivity index (χ1n) is 7.39. The molecule has 2 heterocycles. The van der Waals surface area contributed by atoms with Crippen molar-refractivity contribution in [1.82, 2.24) is 9.97 Å². The fourth-order valence-corrected chi connectivity index (χ4v) is 3.29. The van der Waals surface area contributed by atoms with Crippen LogP contribution in [0.15, 0.2) is 29.0 Å². The van der Waals surface area contributed by atoms with Crippen molar-refractivity contribution in [3.63, 3.8) is 0 Å². The Hall–Kier alpha value is -1.16. The summed E-state index contributed by atoms with van der Waals surface area (Å²) in [6.45, 7) is 2.36. The van der Waals surface area contributed by atoms with Crippen LogP contribution in [-0.4, -0.2) is 16.0 Å². The average Bonchev–Trinajstić information content (AvgIpc) is 2.64. The van der Waals surface area contributed by atoms with Crippen molar-refractivity contribution >= 4 is 32.7 Å². The number of fused-ring (bicyclic) bond motifs is 1. The van der Waals surface area contributed by atoms with E-state index in [1.165, 1.54) is 32.1 Å². The molecule has 2 atom stereocenters. The van der Waals surface area contributed by atoms with E-state index < -0.39 is 0 Å². The molecule has 2 aromatic rings. The van der Waals surface area contributed by atoms with Gasteiger partial charge in [-0.2, -0.15) is 0 Å². The van der Waals surface area contributed by atoms with Gasteiger partial charge in [0.2, 0.25) is 0 Å². The predicted octanol–water partition coefficient (Wildman–Crippen LogP) is 4.77. The molecule has 0 aromatic carbocycles. The smallest absolute Gasteiger partial charge is 0.112 e. The van der Waals surface area contributed by atoms with Crippen LogP contribution in [0.4, 0.5) is 5.69 Å². The normalized spacial score (nSPS) is 23.5. The molecule has 0 amide bonds. The molecule has 1 aliphatic carbocycles. The second kappa shape index (κ2) is 6.08. The van der Waals surface area contributed by atoms with E-state index in [4.69, 9.17) is 0 Å². The molecule has 4 heteroatoms. The van der Waals surface area contributed by atoms with E-state index in [2.05, 4.69) is 38.1 Å². The van der Waals surface area contributed by atoms with E-state index in [0.29, 0.717) is 6.04 Å². The van der Waals surface area contributed by atoms with Gasteiger partial charge in [-0.1, -0.05) is 19.8 Å². The van der Waals surface area contributed by atoms with Gasteiger partial charge in [0.05, 0.1) is 11.2 Å². The number of hydrogen-bond donors (Lipinski definition) is 1. The molecule has 1 N–H and O–H groups in total. The summed E-state index contributed by atoms with van der Waals surface area (Å²) < 4.78 is 0.970. The van der Waals surface area contributed by atoms with E-state index in [1.807, 2.05) is 24.5 Å². The van der Waals surface area contributed by atoms with E-state index >= 15 is 0 Å². The Morgan fingerprint density at radius 2 is 2.10 bits per heavy atom. The number of halogens is 1. The fraction of sp³-hybridized carbons (Fsp3) is 0.500. The predicted molar refractivity (Wildman–Crippen MR) is 86.9 cm³/mol. The number of pyridine rings is 2. The summed E-state index contributed by atoms with van der Waals surface area (Å²) in [7, 11) is 0. The minimum atomic E-state index is 0.566. The van der Waals surface area contributed by atoms with Gasteiger partial charge >= 0.3 is 0 Å². The summed E-state index contributed by atoms with van der Waals surface area (Å²) in [4.78, 5) is 8.91. The minimum absolute atomic E-state index is 0.566. The zero-order valence-corrected chi connectivity index (χ0v) is 13.4. The van der Waals surface area contributed by atoms with Crippen LogP contribution >= 0.6 is 15.9 Å². The Kier molecular flexibility index (Phi) is 4.20. The van der Waals surface area contributed by atoms with Gasteiger partial charge in [0.15, 0.2) is 0 Å². The second-order valence-electron chi connectivity index (χ2n) is 5.83. The van der Waals surface area contributed by atoms with Gasteiger partial charge in [0.25, 0.3) is 0 Å². The first kappa shape index (κ1) is 13.8. The van der Waals surface area contributed by atoms with E-state index in [-0.39, 0.29) is 0 Å². The molecule has 1 saturated carbocycles. The van der Waals surface area contributed by atoms with Crippen molar-refractivity contribution in [3.05, 3.63) is 29.0 Å². The maximum absolute atomic E-state index is 4.51. The van der Waals surface area contributed by atoms with Crippen molar-refractivity contribution in [2.24, 2.45) is 5.92 Å². The Morgan fingerprint density at radius 3 is 3.00 bits per heavy atom. The molecule has 3 rings (SSSR count). The third kappa shape index (κ3) is 3.11. The summed E-state index contributed by atoms with van der Waals surface area (Å²) >= 11 is 3.45. The Labute approximate surface area is 128 Å². The van der Waals surface area contributed by atoms with Crippen LogP contribution in [-0.2, 0) is 0 Å². The van der Waals surface area contributed by atoms with Crippen LogP contribution < -0.4 is 5.32 Å². The summed E-state index contributed by atoms with van der Waals surface area (Å²) in [5.74, 6) is 0.866. The van der Waals surface area contributed by atoms with Crippen LogP contribution in [0.1, 0.15) is 39.0 Å². The van der Waals surface area contributed by atoms with Gasteiger partial charge in [-0.05, 0) is 53.2 Å². The molecule has 2 aromatic heterocycles.